The first-order valence-electron chi connectivity index (χ1n) is 6.49. The van der Waals surface area contributed by atoms with Crippen molar-refractivity contribution in [3.05, 3.63) is 0 Å². The molecular weight excluding hydrogens is 254 g/mol. The fourth-order valence-electron chi connectivity index (χ4n) is 1.97. The Labute approximate surface area is 108 Å². The lowest BCUT2D eigenvalue weighted by atomic mass is 10.3. The number of hydrogen-bond acceptors (Lipinski definition) is 4. The minimum absolute atomic E-state index is 0.00515. The number of sulfone groups is 1. The van der Waals surface area contributed by atoms with Crippen LogP contribution in [0.1, 0.15) is 46.0 Å². The molecule has 0 aliphatic carbocycles. The molecule has 1 atom stereocenters. The van der Waals surface area contributed by atoms with Gasteiger partial charge in [-0.05, 0) is 12.8 Å². The lowest BCUT2D eigenvalue weighted by Crippen LogP contribution is -2.36. The number of carbonyl (C=O) groups excluding carboxylic acids is 2. The molecule has 1 aliphatic rings. The molecule has 2 amide bonds. The molecule has 0 radical (unpaired) electrons. The van der Waals surface area contributed by atoms with E-state index in [2.05, 4.69) is 0 Å². The number of amides is 2. The number of likely N-dealkylation sites (tertiary alicyclic amines) is 1. The van der Waals surface area contributed by atoms with Crippen molar-refractivity contribution in [1.82, 2.24) is 4.90 Å². The molecule has 0 aromatic heterocycles. The molecular formula is C12H21NO4S. The molecule has 1 rings (SSSR count). The van der Waals surface area contributed by atoms with Crippen LogP contribution in [0, 0.1) is 0 Å². The van der Waals surface area contributed by atoms with E-state index < -0.39 is 21.0 Å². The fourth-order valence-corrected chi connectivity index (χ4v) is 3.78. The highest BCUT2D eigenvalue weighted by molar-refractivity contribution is 7.92. The van der Waals surface area contributed by atoms with Crippen molar-refractivity contribution in [3.8, 4) is 0 Å². The third kappa shape index (κ3) is 3.31. The van der Waals surface area contributed by atoms with Gasteiger partial charge in [0.15, 0.2) is 9.84 Å². The number of rotatable bonds is 7. The summed E-state index contributed by atoms with van der Waals surface area (Å²) in [7, 11) is -3.47. The molecule has 0 saturated carbocycles. The van der Waals surface area contributed by atoms with Crippen molar-refractivity contribution in [3.63, 3.8) is 0 Å². The fraction of sp³-hybridized carbons (Fsp3) is 0.833. The molecule has 104 valence electrons. The largest absolute Gasteiger partial charge is 0.281 e. The van der Waals surface area contributed by atoms with Gasteiger partial charge in [-0.15, -0.1) is 0 Å². The summed E-state index contributed by atoms with van der Waals surface area (Å²) >= 11 is 0. The van der Waals surface area contributed by atoms with Gasteiger partial charge in [0.25, 0.3) is 0 Å². The summed E-state index contributed by atoms with van der Waals surface area (Å²) in [6.07, 6.45) is 2.71. The third-order valence-electron chi connectivity index (χ3n) is 3.15. The Morgan fingerprint density at radius 2 is 1.78 bits per heavy atom. The summed E-state index contributed by atoms with van der Waals surface area (Å²) in [6, 6.07) is 0. The molecule has 1 aliphatic heterocycles. The molecule has 1 fully saturated rings. The minimum atomic E-state index is -3.47. The van der Waals surface area contributed by atoms with Gasteiger partial charge in [0.05, 0.1) is 12.2 Å². The van der Waals surface area contributed by atoms with Crippen LogP contribution in [0.25, 0.3) is 0 Å². The van der Waals surface area contributed by atoms with Crippen LogP contribution in [-0.4, -0.2) is 42.7 Å². The summed E-state index contributed by atoms with van der Waals surface area (Å²) < 4.78 is 23.9. The quantitative estimate of drug-likeness (QED) is 0.653. The monoisotopic (exact) mass is 275 g/mol. The van der Waals surface area contributed by atoms with Gasteiger partial charge in [0.1, 0.15) is 5.25 Å². The summed E-state index contributed by atoms with van der Waals surface area (Å²) in [5.74, 6) is -0.877. The van der Waals surface area contributed by atoms with Crippen LogP contribution in [0.15, 0.2) is 0 Å². The molecule has 6 heteroatoms. The van der Waals surface area contributed by atoms with Crippen molar-refractivity contribution in [2.75, 3.05) is 12.3 Å². The predicted molar refractivity (Wildman–Crippen MR) is 68.7 cm³/mol. The second-order valence-electron chi connectivity index (χ2n) is 4.65. The van der Waals surface area contributed by atoms with Crippen LogP contribution in [-0.2, 0) is 19.4 Å². The number of nitrogens with zero attached hydrogens (tertiary/aromatic N) is 1. The molecule has 18 heavy (non-hydrogen) atoms. The normalized spacial score (nSPS) is 20.8. The maximum absolute atomic E-state index is 12.0. The lowest BCUT2D eigenvalue weighted by molar-refractivity contribution is -0.138. The average molecular weight is 275 g/mol. The van der Waals surface area contributed by atoms with Gasteiger partial charge in [-0.1, -0.05) is 26.7 Å². The maximum Gasteiger partial charge on any atom is 0.248 e. The summed E-state index contributed by atoms with van der Waals surface area (Å²) in [5, 5.41) is -1.13. The van der Waals surface area contributed by atoms with Crippen LogP contribution < -0.4 is 0 Å². The molecule has 5 nitrogen and oxygen atoms in total. The van der Waals surface area contributed by atoms with Crippen molar-refractivity contribution in [2.45, 2.75) is 51.2 Å². The van der Waals surface area contributed by atoms with Crippen molar-refractivity contribution < 1.29 is 18.0 Å². The van der Waals surface area contributed by atoms with E-state index in [1.807, 2.05) is 13.8 Å². The molecule has 1 heterocycles. The zero-order valence-corrected chi connectivity index (χ0v) is 11.8. The van der Waals surface area contributed by atoms with Crippen molar-refractivity contribution in [1.29, 1.82) is 0 Å². The highest BCUT2D eigenvalue weighted by Gasteiger charge is 2.45. The Balaban J connectivity index is 2.76. The molecule has 0 aromatic carbocycles. The second kappa shape index (κ2) is 6.31. The van der Waals surface area contributed by atoms with Gasteiger partial charge in [-0.25, -0.2) is 8.42 Å². The summed E-state index contributed by atoms with van der Waals surface area (Å²) in [4.78, 5) is 24.7. The second-order valence-corrected chi connectivity index (χ2v) is 6.95. The van der Waals surface area contributed by atoms with Gasteiger partial charge in [0, 0.05) is 6.54 Å². The van der Waals surface area contributed by atoms with E-state index in [4.69, 9.17) is 0 Å². The first-order valence-corrected chi connectivity index (χ1v) is 8.21. The van der Waals surface area contributed by atoms with E-state index in [-0.39, 0.29) is 18.1 Å². The van der Waals surface area contributed by atoms with Crippen LogP contribution in [0.4, 0.5) is 0 Å². The first-order chi connectivity index (χ1) is 8.44. The maximum atomic E-state index is 12.0. The smallest absolute Gasteiger partial charge is 0.248 e. The SMILES string of the molecule is CCCCN1C(=O)CC(S(=O)(=O)CCCC)C1=O. The molecule has 1 unspecified atom stereocenters. The van der Waals surface area contributed by atoms with Crippen molar-refractivity contribution in [2.24, 2.45) is 0 Å². The molecule has 0 aromatic rings. The summed E-state index contributed by atoms with van der Waals surface area (Å²) in [6.45, 7) is 4.19. The Hall–Kier alpha value is -0.910. The Kier molecular flexibility index (Phi) is 5.31. The molecule has 1 saturated heterocycles. The molecule has 0 bridgehead atoms. The standard InChI is InChI=1S/C12H21NO4S/c1-3-5-7-13-11(14)9-10(12(13)15)18(16,17)8-6-4-2/h10H,3-9H2,1-2H3. The minimum Gasteiger partial charge on any atom is -0.281 e. The van der Waals surface area contributed by atoms with Crippen LogP contribution in [0.5, 0.6) is 0 Å². The van der Waals surface area contributed by atoms with Gasteiger partial charge in [0.2, 0.25) is 11.8 Å². The highest BCUT2D eigenvalue weighted by Crippen LogP contribution is 2.21. The van der Waals surface area contributed by atoms with Gasteiger partial charge >= 0.3 is 0 Å². The molecule has 0 N–H and O–H groups in total. The van der Waals surface area contributed by atoms with E-state index in [0.29, 0.717) is 13.0 Å². The lowest BCUT2D eigenvalue weighted by Gasteiger charge is -2.14. The van der Waals surface area contributed by atoms with Crippen LogP contribution >= 0.6 is 0 Å². The topological polar surface area (TPSA) is 71.5 Å². The highest BCUT2D eigenvalue weighted by atomic mass is 32.2. The number of imide groups is 1. The van der Waals surface area contributed by atoms with E-state index in [9.17, 15) is 18.0 Å². The Morgan fingerprint density at radius 3 is 2.33 bits per heavy atom. The summed E-state index contributed by atoms with van der Waals surface area (Å²) in [5.41, 5.74) is 0. The number of unbranched alkanes of at least 4 members (excludes halogenated alkanes) is 2. The zero-order chi connectivity index (χ0) is 13.8. The van der Waals surface area contributed by atoms with Gasteiger partial charge in [-0.3, -0.25) is 14.5 Å². The van der Waals surface area contributed by atoms with Gasteiger partial charge < -0.3 is 0 Å². The van der Waals surface area contributed by atoms with E-state index in [0.717, 1.165) is 24.2 Å². The van der Waals surface area contributed by atoms with E-state index in [1.165, 1.54) is 0 Å². The van der Waals surface area contributed by atoms with Gasteiger partial charge in [-0.2, -0.15) is 0 Å². The van der Waals surface area contributed by atoms with Crippen LogP contribution in [0.2, 0.25) is 0 Å². The average Bonchev–Trinajstić information content (AvgIpc) is 2.61. The van der Waals surface area contributed by atoms with Crippen LogP contribution in [0.3, 0.4) is 0 Å². The van der Waals surface area contributed by atoms with E-state index >= 15 is 0 Å². The van der Waals surface area contributed by atoms with E-state index in [1.54, 1.807) is 0 Å². The number of carbonyl (C=O) groups is 2. The first kappa shape index (κ1) is 15.1. The zero-order valence-electron chi connectivity index (χ0n) is 11.0. The third-order valence-corrected chi connectivity index (χ3v) is 5.25. The Bertz CT molecular complexity index is 416. The molecule has 0 spiro atoms. The number of hydrogen-bond donors (Lipinski definition) is 0. The van der Waals surface area contributed by atoms with Crippen molar-refractivity contribution >= 4 is 21.7 Å². The predicted octanol–water partition coefficient (Wildman–Crippen LogP) is 1.13. The Morgan fingerprint density at radius 1 is 1.17 bits per heavy atom.